The van der Waals surface area contributed by atoms with Crippen molar-refractivity contribution in [1.82, 2.24) is 30.4 Å². The fraction of sp³-hybridized carbons (Fsp3) is 0.516. The van der Waals surface area contributed by atoms with Crippen molar-refractivity contribution in [3.63, 3.8) is 0 Å². The summed E-state index contributed by atoms with van der Waals surface area (Å²) in [6.07, 6.45) is 12.2. The van der Waals surface area contributed by atoms with Gasteiger partial charge in [-0.05, 0) is 80.7 Å². The fourth-order valence-corrected chi connectivity index (χ4v) is 6.72. The lowest BCUT2D eigenvalue weighted by Crippen LogP contribution is -2.49. The quantitative estimate of drug-likeness (QED) is 0.375. The van der Waals surface area contributed by atoms with Crippen molar-refractivity contribution in [1.29, 1.82) is 5.26 Å². The van der Waals surface area contributed by atoms with Crippen molar-refractivity contribution in [3.05, 3.63) is 58.9 Å². The number of urea groups is 1. The van der Waals surface area contributed by atoms with Crippen molar-refractivity contribution < 1.29 is 4.79 Å². The summed E-state index contributed by atoms with van der Waals surface area (Å²) in [6.45, 7) is 0. The third kappa shape index (κ3) is 5.99. The second kappa shape index (κ2) is 11.8. The number of nitriles is 1. The molecule has 1 unspecified atom stereocenters. The fourth-order valence-electron chi connectivity index (χ4n) is 6.72. The molecule has 214 valence electrons. The lowest BCUT2D eigenvalue weighted by molar-refractivity contribution is 0.183. The van der Waals surface area contributed by atoms with Crippen LogP contribution in [0.4, 0.5) is 22.4 Å². The van der Waals surface area contributed by atoms with E-state index in [1.165, 1.54) is 42.5 Å². The maximum atomic E-state index is 13.1. The Hall–Kier alpha value is -4.13. The van der Waals surface area contributed by atoms with Crippen LogP contribution in [0.3, 0.4) is 0 Å². The lowest BCUT2D eigenvalue weighted by Gasteiger charge is -2.36. The van der Waals surface area contributed by atoms with Gasteiger partial charge < -0.3 is 20.4 Å². The molecule has 41 heavy (non-hydrogen) atoms. The van der Waals surface area contributed by atoms with Crippen LogP contribution in [0.15, 0.2) is 36.5 Å². The normalized spacial score (nSPS) is 22.1. The van der Waals surface area contributed by atoms with Crippen LogP contribution in [0, 0.1) is 11.3 Å². The summed E-state index contributed by atoms with van der Waals surface area (Å²) in [5.74, 6) is 2.79. The molecule has 2 aromatic heterocycles. The molecule has 2 fully saturated rings. The zero-order valence-electron chi connectivity index (χ0n) is 23.9. The number of carbonyl (C=O) groups excluding carboxylic acids is 1. The van der Waals surface area contributed by atoms with Crippen molar-refractivity contribution in [2.75, 3.05) is 24.3 Å². The molecule has 1 aromatic carbocycles. The predicted octanol–water partition coefficient (Wildman–Crippen LogP) is 5.03. The molecule has 0 aliphatic heterocycles. The van der Waals surface area contributed by atoms with Crippen molar-refractivity contribution >= 4 is 23.6 Å². The summed E-state index contributed by atoms with van der Waals surface area (Å²) < 4.78 is 0. The number of hydrogen-bond acceptors (Lipinski definition) is 7. The van der Waals surface area contributed by atoms with E-state index in [0.717, 1.165) is 50.2 Å². The SMILES string of the molecule is CN(C(=O)N[C@H]1CC[C@H](N(C)c2nccc(Nc3cc(C4CCCC4)[nH]n3)n2)CC1)C1Cc2ccc(C#N)cc2C1. The van der Waals surface area contributed by atoms with Crippen LogP contribution in [0.1, 0.15) is 79.7 Å². The highest BCUT2D eigenvalue weighted by Crippen LogP contribution is 2.34. The third-order valence-corrected chi connectivity index (χ3v) is 9.29. The number of fused-ring (bicyclic) bond motifs is 1. The van der Waals surface area contributed by atoms with E-state index in [9.17, 15) is 10.1 Å². The maximum Gasteiger partial charge on any atom is 0.317 e. The average molecular weight is 554 g/mol. The lowest BCUT2D eigenvalue weighted by atomic mass is 9.90. The van der Waals surface area contributed by atoms with E-state index in [1.807, 2.05) is 36.2 Å². The van der Waals surface area contributed by atoms with Gasteiger partial charge in [-0.25, -0.2) is 9.78 Å². The van der Waals surface area contributed by atoms with E-state index >= 15 is 0 Å². The third-order valence-electron chi connectivity index (χ3n) is 9.29. The number of carbonyl (C=O) groups is 1. The van der Waals surface area contributed by atoms with E-state index in [2.05, 4.69) is 49.9 Å². The molecule has 0 radical (unpaired) electrons. The van der Waals surface area contributed by atoms with Gasteiger partial charge in [-0.1, -0.05) is 18.9 Å². The Kier molecular flexibility index (Phi) is 7.77. The summed E-state index contributed by atoms with van der Waals surface area (Å²) in [6, 6.07) is 12.6. The molecule has 3 aliphatic carbocycles. The van der Waals surface area contributed by atoms with E-state index in [4.69, 9.17) is 4.98 Å². The molecular formula is C31H39N9O. The highest BCUT2D eigenvalue weighted by atomic mass is 16.2. The largest absolute Gasteiger partial charge is 0.341 e. The minimum Gasteiger partial charge on any atom is -0.341 e. The molecule has 6 rings (SSSR count). The summed E-state index contributed by atoms with van der Waals surface area (Å²) in [5.41, 5.74) is 4.29. The minimum absolute atomic E-state index is 0.0170. The number of likely N-dealkylation sites (N-methyl/N-ethyl adjacent to an activating group) is 1. The molecule has 10 heteroatoms. The smallest absolute Gasteiger partial charge is 0.317 e. The number of rotatable bonds is 7. The molecule has 2 amide bonds. The van der Waals surface area contributed by atoms with Gasteiger partial charge >= 0.3 is 6.03 Å². The van der Waals surface area contributed by atoms with Crippen LogP contribution < -0.4 is 15.5 Å². The van der Waals surface area contributed by atoms with Crippen molar-refractivity contribution in [3.8, 4) is 6.07 Å². The van der Waals surface area contributed by atoms with Crippen LogP contribution in [0.5, 0.6) is 0 Å². The Morgan fingerprint density at radius 2 is 1.76 bits per heavy atom. The molecule has 3 aromatic rings. The molecule has 2 saturated carbocycles. The van der Waals surface area contributed by atoms with E-state index in [-0.39, 0.29) is 18.1 Å². The molecule has 1 atom stereocenters. The first-order valence-corrected chi connectivity index (χ1v) is 14.9. The zero-order chi connectivity index (χ0) is 28.3. The second-order valence-corrected chi connectivity index (χ2v) is 11.9. The molecule has 3 N–H and O–H groups in total. The Morgan fingerprint density at radius 3 is 2.54 bits per heavy atom. The van der Waals surface area contributed by atoms with Gasteiger partial charge in [-0.3, -0.25) is 5.10 Å². The maximum absolute atomic E-state index is 13.1. The van der Waals surface area contributed by atoms with Crippen LogP contribution in [-0.2, 0) is 12.8 Å². The van der Waals surface area contributed by atoms with Crippen LogP contribution >= 0.6 is 0 Å². The summed E-state index contributed by atoms with van der Waals surface area (Å²) >= 11 is 0. The summed E-state index contributed by atoms with van der Waals surface area (Å²) in [5, 5.41) is 23.4. The highest BCUT2D eigenvalue weighted by molar-refractivity contribution is 5.75. The summed E-state index contributed by atoms with van der Waals surface area (Å²) in [4.78, 5) is 26.4. The number of aromatic nitrogens is 4. The molecule has 3 aliphatic rings. The second-order valence-electron chi connectivity index (χ2n) is 11.9. The van der Waals surface area contributed by atoms with Crippen LogP contribution in [-0.4, -0.2) is 63.3 Å². The molecular weight excluding hydrogens is 514 g/mol. The van der Waals surface area contributed by atoms with Gasteiger partial charge in [0, 0.05) is 56.1 Å². The average Bonchev–Trinajstić information content (AvgIpc) is 3.78. The van der Waals surface area contributed by atoms with Crippen molar-refractivity contribution in [2.45, 2.75) is 88.3 Å². The van der Waals surface area contributed by atoms with Gasteiger partial charge in [0.05, 0.1) is 11.6 Å². The van der Waals surface area contributed by atoms with Gasteiger partial charge in [0.2, 0.25) is 5.95 Å². The first-order chi connectivity index (χ1) is 20.0. The van der Waals surface area contributed by atoms with Crippen LogP contribution in [0.2, 0.25) is 0 Å². The molecule has 0 saturated heterocycles. The van der Waals surface area contributed by atoms with E-state index < -0.39 is 0 Å². The van der Waals surface area contributed by atoms with Gasteiger partial charge in [-0.15, -0.1) is 0 Å². The number of hydrogen-bond donors (Lipinski definition) is 3. The molecule has 2 heterocycles. The van der Waals surface area contributed by atoms with Gasteiger partial charge in [0.1, 0.15) is 5.82 Å². The first-order valence-electron chi connectivity index (χ1n) is 14.9. The Morgan fingerprint density at radius 1 is 0.976 bits per heavy atom. The molecule has 0 bridgehead atoms. The monoisotopic (exact) mass is 553 g/mol. The van der Waals surface area contributed by atoms with Crippen molar-refractivity contribution in [2.24, 2.45) is 0 Å². The number of amides is 2. The molecule has 10 nitrogen and oxygen atoms in total. The topological polar surface area (TPSA) is 126 Å². The number of benzene rings is 1. The van der Waals surface area contributed by atoms with Gasteiger partial charge in [0.15, 0.2) is 5.82 Å². The zero-order valence-corrected chi connectivity index (χ0v) is 23.9. The number of nitrogens with one attached hydrogen (secondary N) is 3. The Bertz CT molecular complexity index is 1410. The van der Waals surface area contributed by atoms with Crippen LogP contribution in [0.25, 0.3) is 0 Å². The Labute approximate surface area is 241 Å². The standard InChI is InChI=1S/C31H39N9O/c1-39(30-33-14-13-28(36-30)35-29-18-27(37-38-29)21-5-3-4-6-21)25-11-9-24(10-12-25)34-31(41)40(2)26-16-22-8-7-20(19-32)15-23(22)17-26/h7-8,13-15,18,21,24-26H,3-6,9-12,16-17H2,1-2H3,(H,34,41)(H2,33,35,36,37,38)/t24-,25-,26?. The predicted molar refractivity (Wildman–Crippen MR) is 158 cm³/mol. The number of anilines is 3. The first kappa shape index (κ1) is 27.1. The molecule has 0 spiro atoms. The highest BCUT2D eigenvalue weighted by Gasteiger charge is 2.31. The number of nitrogens with zero attached hydrogens (tertiary/aromatic N) is 6. The van der Waals surface area contributed by atoms with E-state index in [0.29, 0.717) is 23.5 Å². The van der Waals surface area contributed by atoms with Gasteiger partial charge in [0.25, 0.3) is 0 Å². The van der Waals surface area contributed by atoms with E-state index in [1.54, 1.807) is 6.20 Å². The number of aromatic amines is 1. The minimum atomic E-state index is -0.0170. The summed E-state index contributed by atoms with van der Waals surface area (Å²) in [7, 11) is 3.94. The Balaban J connectivity index is 0.987. The number of H-pyrrole nitrogens is 1. The van der Waals surface area contributed by atoms with Gasteiger partial charge in [-0.2, -0.15) is 15.3 Å².